The van der Waals surface area contributed by atoms with Crippen molar-refractivity contribution < 1.29 is 17.9 Å². The molecular weight excluding hydrogens is 340 g/mol. The summed E-state index contributed by atoms with van der Waals surface area (Å²) >= 11 is 6.02. The monoisotopic (exact) mass is 360 g/mol. The van der Waals surface area contributed by atoms with Gasteiger partial charge >= 0.3 is 0 Å². The van der Waals surface area contributed by atoms with Gasteiger partial charge in [0.15, 0.2) is 0 Å². The SMILES string of the molecule is CCC(=O)N1CCN(S(=O)(=O)c2cc(Cl)cc(C)c2OC)CC1. The molecule has 0 atom stereocenters. The van der Waals surface area contributed by atoms with Crippen LogP contribution in [-0.2, 0) is 14.8 Å². The fraction of sp³-hybridized carbons (Fsp3) is 0.533. The molecule has 0 spiro atoms. The van der Waals surface area contributed by atoms with E-state index in [4.69, 9.17) is 16.3 Å². The van der Waals surface area contributed by atoms with Gasteiger partial charge in [0.05, 0.1) is 7.11 Å². The second-order valence-corrected chi connectivity index (χ2v) is 7.74. The molecule has 2 rings (SSSR count). The summed E-state index contributed by atoms with van der Waals surface area (Å²) in [6.45, 7) is 4.87. The van der Waals surface area contributed by atoms with Crippen LogP contribution in [0.3, 0.4) is 0 Å². The van der Waals surface area contributed by atoms with Crippen molar-refractivity contribution in [3.8, 4) is 5.75 Å². The van der Waals surface area contributed by atoms with Crippen LogP contribution in [0.15, 0.2) is 17.0 Å². The number of aryl methyl sites for hydroxylation is 1. The highest BCUT2D eigenvalue weighted by molar-refractivity contribution is 7.89. The normalized spacial score (nSPS) is 16.4. The Hall–Kier alpha value is -1.31. The molecule has 0 aliphatic carbocycles. The predicted molar refractivity (Wildman–Crippen MR) is 88.4 cm³/mol. The molecule has 8 heteroatoms. The molecule has 1 fully saturated rings. The molecule has 0 saturated carbocycles. The molecule has 1 heterocycles. The van der Waals surface area contributed by atoms with Gasteiger partial charge in [0.2, 0.25) is 15.9 Å². The molecule has 1 amide bonds. The third-order valence-corrected chi connectivity index (χ3v) is 6.04. The molecule has 6 nitrogen and oxygen atoms in total. The summed E-state index contributed by atoms with van der Waals surface area (Å²) in [7, 11) is -2.28. The van der Waals surface area contributed by atoms with Crippen LogP contribution in [0, 0.1) is 6.92 Å². The molecule has 0 aromatic heterocycles. The maximum atomic E-state index is 12.9. The van der Waals surface area contributed by atoms with Crippen LogP contribution in [0.1, 0.15) is 18.9 Å². The van der Waals surface area contributed by atoms with E-state index in [1.54, 1.807) is 24.8 Å². The van der Waals surface area contributed by atoms with Crippen LogP contribution >= 0.6 is 11.6 Å². The standard InChI is InChI=1S/C15H21ClN2O4S/c1-4-14(19)17-5-7-18(8-6-17)23(20,21)13-10-12(16)9-11(2)15(13)22-3/h9-10H,4-8H2,1-3H3. The zero-order chi connectivity index (χ0) is 17.2. The smallest absolute Gasteiger partial charge is 0.246 e. The Labute approximate surface area is 142 Å². The first kappa shape index (κ1) is 18.0. The minimum atomic E-state index is -3.72. The first-order chi connectivity index (χ1) is 10.8. The first-order valence-corrected chi connectivity index (χ1v) is 9.25. The number of nitrogens with zero attached hydrogens (tertiary/aromatic N) is 2. The van der Waals surface area contributed by atoms with Gasteiger partial charge in [0.25, 0.3) is 0 Å². The number of sulfonamides is 1. The van der Waals surface area contributed by atoms with Gasteiger partial charge in [-0.15, -0.1) is 0 Å². The van der Waals surface area contributed by atoms with Gasteiger partial charge in [-0.05, 0) is 24.6 Å². The maximum absolute atomic E-state index is 12.9. The number of carbonyl (C=O) groups is 1. The van der Waals surface area contributed by atoms with Gasteiger partial charge < -0.3 is 9.64 Å². The van der Waals surface area contributed by atoms with E-state index in [0.29, 0.717) is 35.8 Å². The summed E-state index contributed by atoms with van der Waals surface area (Å²) < 4.78 is 32.4. The van der Waals surface area contributed by atoms with Crippen molar-refractivity contribution in [2.24, 2.45) is 0 Å². The number of hydrogen-bond acceptors (Lipinski definition) is 4. The largest absolute Gasteiger partial charge is 0.495 e. The highest BCUT2D eigenvalue weighted by Crippen LogP contribution is 2.33. The Morgan fingerprint density at radius 1 is 1.26 bits per heavy atom. The molecule has 0 N–H and O–H groups in total. The Morgan fingerprint density at radius 2 is 1.87 bits per heavy atom. The highest BCUT2D eigenvalue weighted by Gasteiger charge is 2.32. The van der Waals surface area contributed by atoms with E-state index in [9.17, 15) is 13.2 Å². The van der Waals surface area contributed by atoms with Crippen LogP contribution in [0.2, 0.25) is 5.02 Å². The Bertz CT molecular complexity index is 698. The van der Waals surface area contributed by atoms with Gasteiger partial charge in [-0.2, -0.15) is 4.31 Å². The lowest BCUT2D eigenvalue weighted by atomic mass is 10.2. The average molecular weight is 361 g/mol. The Kier molecular flexibility index (Phi) is 5.54. The second-order valence-electron chi connectivity index (χ2n) is 5.39. The molecular formula is C15H21ClN2O4S. The molecule has 1 aromatic rings. The fourth-order valence-electron chi connectivity index (χ4n) is 2.69. The topological polar surface area (TPSA) is 66.9 Å². The Morgan fingerprint density at radius 3 is 2.39 bits per heavy atom. The summed E-state index contributed by atoms with van der Waals surface area (Å²) in [6, 6.07) is 3.07. The van der Waals surface area contributed by atoms with Gasteiger partial charge in [0.1, 0.15) is 10.6 Å². The van der Waals surface area contributed by atoms with Crippen molar-refractivity contribution in [1.82, 2.24) is 9.21 Å². The van der Waals surface area contributed by atoms with Crippen LogP contribution in [-0.4, -0.2) is 56.8 Å². The fourth-order valence-corrected chi connectivity index (χ4v) is 4.71. The average Bonchev–Trinajstić information content (AvgIpc) is 2.53. The van der Waals surface area contributed by atoms with Crippen molar-refractivity contribution in [3.05, 3.63) is 22.7 Å². The second kappa shape index (κ2) is 7.07. The van der Waals surface area contributed by atoms with E-state index >= 15 is 0 Å². The molecule has 128 valence electrons. The van der Waals surface area contributed by atoms with Crippen molar-refractivity contribution >= 4 is 27.5 Å². The molecule has 0 bridgehead atoms. The van der Waals surface area contributed by atoms with Crippen molar-refractivity contribution in [1.29, 1.82) is 0 Å². The predicted octanol–water partition coefficient (Wildman–Crippen LogP) is 1.90. The zero-order valence-electron chi connectivity index (χ0n) is 13.5. The van der Waals surface area contributed by atoms with E-state index in [1.165, 1.54) is 17.5 Å². The van der Waals surface area contributed by atoms with Gasteiger partial charge in [0, 0.05) is 37.6 Å². The number of piperazine rings is 1. The molecule has 1 aliphatic rings. The molecule has 0 unspecified atom stereocenters. The third kappa shape index (κ3) is 3.62. The summed E-state index contributed by atoms with van der Waals surface area (Å²) in [5.74, 6) is 0.347. The zero-order valence-corrected chi connectivity index (χ0v) is 15.1. The summed E-state index contributed by atoms with van der Waals surface area (Å²) in [4.78, 5) is 13.5. The molecule has 23 heavy (non-hydrogen) atoms. The maximum Gasteiger partial charge on any atom is 0.246 e. The van der Waals surface area contributed by atoms with E-state index in [0.717, 1.165) is 0 Å². The van der Waals surface area contributed by atoms with Crippen LogP contribution in [0.5, 0.6) is 5.75 Å². The van der Waals surface area contributed by atoms with Crippen molar-refractivity contribution in [3.63, 3.8) is 0 Å². The number of methoxy groups -OCH3 is 1. The van der Waals surface area contributed by atoms with E-state index in [2.05, 4.69) is 0 Å². The number of halogens is 1. The number of benzene rings is 1. The number of amides is 1. The number of hydrogen-bond donors (Lipinski definition) is 0. The number of carbonyl (C=O) groups excluding carboxylic acids is 1. The highest BCUT2D eigenvalue weighted by atomic mass is 35.5. The van der Waals surface area contributed by atoms with Gasteiger partial charge in [-0.3, -0.25) is 4.79 Å². The lowest BCUT2D eigenvalue weighted by Crippen LogP contribution is -2.50. The molecule has 1 aromatic carbocycles. The summed E-state index contributed by atoms with van der Waals surface area (Å²) in [6.07, 6.45) is 0.425. The molecule has 1 aliphatic heterocycles. The van der Waals surface area contributed by atoms with Crippen LogP contribution < -0.4 is 4.74 Å². The lowest BCUT2D eigenvalue weighted by molar-refractivity contribution is -0.132. The summed E-state index contributed by atoms with van der Waals surface area (Å²) in [5, 5.41) is 0.349. The van der Waals surface area contributed by atoms with Crippen molar-refractivity contribution in [2.45, 2.75) is 25.2 Å². The van der Waals surface area contributed by atoms with Crippen LogP contribution in [0.25, 0.3) is 0 Å². The molecule has 0 radical (unpaired) electrons. The third-order valence-electron chi connectivity index (χ3n) is 3.92. The minimum Gasteiger partial charge on any atom is -0.495 e. The summed E-state index contributed by atoms with van der Waals surface area (Å²) in [5.41, 5.74) is 0.665. The van der Waals surface area contributed by atoms with Crippen LogP contribution in [0.4, 0.5) is 0 Å². The lowest BCUT2D eigenvalue weighted by Gasteiger charge is -2.34. The molecule has 1 saturated heterocycles. The van der Waals surface area contributed by atoms with Gasteiger partial charge in [-0.25, -0.2) is 8.42 Å². The van der Waals surface area contributed by atoms with E-state index in [1.807, 2.05) is 0 Å². The quantitative estimate of drug-likeness (QED) is 0.822. The Balaban J connectivity index is 2.29. The number of ether oxygens (including phenoxy) is 1. The van der Waals surface area contributed by atoms with E-state index in [-0.39, 0.29) is 23.9 Å². The minimum absolute atomic E-state index is 0.0400. The van der Waals surface area contributed by atoms with Crippen molar-refractivity contribution in [2.75, 3.05) is 33.3 Å². The first-order valence-electron chi connectivity index (χ1n) is 7.43. The van der Waals surface area contributed by atoms with Gasteiger partial charge in [-0.1, -0.05) is 18.5 Å². The van der Waals surface area contributed by atoms with E-state index < -0.39 is 10.0 Å². The number of rotatable bonds is 4.